The summed E-state index contributed by atoms with van der Waals surface area (Å²) in [6, 6.07) is 24.3. The minimum atomic E-state index is -0.331. The van der Waals surface area contributed by atoms with Gasteiger partial charge in [0, 0.05) is 18.5 Å². The van der Waals surface area contributed by atoms with E-state index in [9.17, 15) is 9.59 Å². The number of nitrogens with zero attached hydrogens (tertiary/aromatic N) is 1. The third-order valence-electron chi connectivity index (χ3n) is 4.24. The summed E-state index contributed by atoms with van der Waals surface area (Å²) in [5, 5.41) is 6.76. The largest absolute Gasteiger partial charge is 0.457 e. The zero-order valence-electron chi connectivity index (χ0n) is 16.7. The minimum absolute atomic E-state index is 0.0478. The standard InChI is InChI=1S/C24H23N3O3/c1-18-8-5-6-13-22(18)26-23(28)14-15-24(29)27-25-17-19-9-7-12-21(16-19)30-20-10-3-2-4-11-20/h2-13,16-17H,14-15H2,1H3,(H,26,28)(H,27,29)/b25-17-. The molecule has 3 rings (SSSR count). The molecule has 0 unspecified atom stereocenters. The molecule has 0 aliphatic carbocycles. The Hall–Kier alpha value is -3.93. The van der Waals surface area contributed by atoms with E-state index in [1.165, 1.54) is 6.21 Å². The van der Waals surface area contributed by atoms with E-state index >= 15 is 0 Å². The first kappa shape index (κ1) is 20.8. The Labute approximate surface area is 175 Å². The van der Waals surface area contributed by atoms with E-state index in [2.05, 4.69) is 15.8 Å². The molecule has 0 saturated heterocycles. The van der Waals surface area contributed by atoms with Gasteiger partial charge in [0.15, 0.2) is 0 Å². The van der Waals surface area contributed by atoms with Crippen LogP contribution in [0.4, 0.5) is 5.69 Å². The van der Waals surface area contributed by atoms with Crippen molar-refractivity contribution in [1.29, 1.82) is 0 Å². The number of rotatable bonds is 8. The summed E-state index contributed by atoms with van der Waals surface area (Å²) in [7, 11) is 0. The molecule has 3 aromatic rings. The lowest BCUT2D eigenvalue weighted by Gasteiger charge is -2.07. The van der Waals surface area contributed by atoms with Crippen molar-refractivity contribution in [3.8, 4) is 11.5 Å². The van der Waals surface area contributed by atoms with E-state index in [0.29, 0.717) is 5.75 Å². The Morgan fingerprint density at radius 3 is 2.37 bits per heavy atom. The highest BCUT2D eigenvalue weighted by Gasteiger charge is 2.07. The van der Waals surface area contributed by atoms with Crippen LogP contribution in [-0.2, 0) is 9.59 Å². The first-order valence-corrected chi connectivity index (χ1v) is 9.60. The Kier molecular flexibility index (Phi) is 7.33. The van der Waals surface area contributed by atoms with Gasteiger partial charge in [-0.3, -0.25) is 9.59 Å². The summed E-state index contributed by atoms with van der Waals surface area (Å²) in [4.78, 5) is 23.9. The summed E-state index contributed by atoms with van der Waals surface area (Å²) in [5.74, 6) is 0.866. The van der Waals surface area contributed by atoms with Crippen molar-refractivity contribution >= 4 is 23.7 Å². The lowest BCUT2D eigenvalue weighted by Crippen LogP contribution is -2.20. The van der Waals surface area contributed by atoms with Gasteiger partial charge < -0.3 is 10.1 Å². The average molecular weight is 401 g/mol. The Bertz CT molecular complexity index is 1030. The molecule has 0 radical (unpaired) electrons. The van der Waals surface area contributed by atoms with Gasteiger partial charge in [-0.1, -0.05) is 48.5 Å². The minimum Gasteiger partial charge on any atom is -0.457 e. The van der Waals surface area contributed by atoms with E-state index in [0.717, 1.165) is 22.6 Å². The molecule has 6 heteroatoms. The molecule has 0 spiro atoms. The van der Waals surface area contributed by atoms with Gasteiger partial charge in [0.2, 0.25) is 11.8 Å². The Morgan fingerprint density at radius 1 is 0.867 bits per heavy atom. The molecule has 0 atom stereocenters. The quantitative estimate of drug-likeness (QED) is 0.426. The first-order valence-electron chi connectivity index (χ1n) is 9.60. The van der Waals surface area contributed by atoms with Crippen LogP contribution in [0.3, 0.4) is 0 Å². The summed E-state index contributed by atoms with van der Waals surface area (Å²) in [6.45, 7) is 1.91. The monoisotopic (exact) mass is 401 g/mol. The number of carbonyl (C=O) groups excluding carboxylic acids is 2. The number of carbonyl (C=O) groups is 2. The Balaban J connectivity index is 1.44. The molecule has 0 heterocycles. The van der Waals surface area contributed by atoms with Crippen molar-refractivity contribution in [2.75, 3.05) is 5.32 Å². The van der Waals surface area contributed by atoms with Gasteiger partial charge in [-0.2, -0.15) is 5.10 Å². The van der Waals surface area contributed by atoms with Gasteiger partial charge in [0.1, 0.15) is 11.5 Å². The van der Waals surface area contributed by atoms with Gasteiger partial charge in [0.05, 0.1) is 6.21 Å². The number of hydrogen-bond donors (Lipinski definition) is 2. The molecule has 0 aliphatic rings. The smallest absolute Gasteiger partial charge is 0.240 e. The van der Waals surface area contributed by atoms with Crippen LogP contribution in [-0.4, -0.2) is 18.0 Å². The molecule has 30 heavy (non-hydrogen) atoms. The second-order valence-electron chi connectivity index (χ2n) is 6.64. The predicted molar refractivity (Wildman–Crippen MR) is 118 cm³/mol. The van der Waals surface area contributed by atoms with Crippen LogP contribution in [0.1, 0.15) is 24.0 Å². The molecule has 3 aromatic carbocycles. The molecule has 6 nitrogen and oxygen atoms in total. The van der Waals surface area contributed by atoms with Crippen LogP contribution in [0.15, 0.2) is 84.0 Å². The van der Waals surface area contributed by atoms with Crippen LogP contribution in [0, 0.1) is 6.92 Å². The Morgan fingerprint density at radius 2 is 1.57 bits per heavy atom. The number of anilines is 1. The average Bonchev–Trinajstić information content (AvgIpc) is 2.75. The number of benzene rings is 3. The highest BCUT2D eigenvalue weighted by Crippen LogP contribution is 2.21. The predicted octanol–water partition coefficient (Wildman–Crippen LogP) is 4.66. The SMILES string of the molecule is Cc1ccccc1NC(=O)CCC(=O)N/N=C\c1cccc(Oc2ccccc2)c1. The van der Waals surface area contributed by atoms with Crippen molar-refractivity contribution in [1.82, 2.24) is 5.43 Å². The number of hydrazone groups is 1. The van der Waals surface area contributed by atoms with Crippen molar-refractivity contribution in [3.63, 3.8) is 0 Å². The maximum atomic E-state index is 12.0. The molecule has 2 N–H and O–H groups in total. The molecule has 0 bridgehead atoms. The molecular formula is C24H23N3O3. The van der Waals surface area contributed by atoms with E-state index in [1.54, 1.807) is 0 Å². The molecule has 152 valence electrons. The van der Waals surface area contributed by atoms with Crippen molar-refractivity contribution in [3.05, 3.63) is 90.0 Å². The number of hydrogen-bond acceptors (Lipinski definition) is 4. The first-order chi connectivity index (χ1) is 14.6. The molecule has 0 saturated carbocycles. The normalized spacial score (nSPS) is 10.6. The van der Waals surface area contributed by atoms with Crippen molar-refractivity contribution in [2.45, 2.75) is 19.8 Å². The summed E-state index contributed by atoms with van der Waals surface area (Å²) >= 11 is 0. The van der Waals surface area contributed by atoms with Gasteiger partial charge >= 0.3 is 0 Å². The molecule has 2 amide bonds. The van der Waals surface area contributed by atoms with Crippen LogP contribution in [0.25, 0.3) is 0 Å². The molecule has 0 aromatic heterocycles. The van der Waals surface area contributed by atoms with Crippen LogP contribution >= 0.6 is 0 Å². The van der Waals surface area contributed by atoms with E-state index in [-0.39, 0.29) is 24.7 Å². The van der Waals surface area contributed by atoms with Crippen LogP contribution < -0.4 is 15.5 Å². The number of nitrogens with one attached hydrogen (secondary N) is 2. The highest BCUT2D eigenvalue weighted by molar-refractivity contribution is 5.94. The third-order valence-corrected chi connectivity index (χ3v) is 4.24. The second kappa shape index (κ2) is 10.6. The topological polar surface area (TPSA) is 79.8 Å². The van der Waals surface area contributed by atoms with Gasteiger partial charge in [0.25, 0.3) is 0 Å². The van der Waals surface area contributed by atoms with Gasteiger partial charge in [-0.05, 0) is 48.4 Å². The summed E-state index contributed by atoms with van der Waals surface area (Å²) in [6.07, 6.45) is 1.66. The maximum Gasteiger partial charge on any atom is 0.240 e. The van der Waals surface area contributed by atoms with Crippen LogP contribution in [0.5, 0.6) is 11.5 Å². The molecular weight excluding hydrogens is 378 g/mol. The van der Waals surface area contributed by atoms with E-state index < -0.39 is 0 Å². The van der Waals surface area contributed by atoms with E-state index in [1.807, 2.05) is 85.8 Å². The second-order valence-corrected chi connectivity index (χ2v) is 6.64. The molecule has 0 aliphatic heterocycles. The number of aryl methyl sites for hydroxylation is 1. The third kappa shape index (κ3) is 6.60. The highest BCUT2D eigenvalue weighted by atomic mass is 16.5. The van der Waals surface area contributed by atoms with E-state index in [4.69, 9.17) is 4.74 Å². The van der Waals surface area contributed by atoms with Gasteiger partial charge in [-0.15, -0.1) is 0 Å². The number of amides is 2. The fraction of sp³-hybridized carbons (Fsp3) is 0.125. The maximum absolute atomic E-state index is 12.0. The number of para-hydroxylation sites is 2. The lowest BCUT2D eigenvalue weighted by atomic mass is 10.2. The number of ether oxygens (including phenoxy) is 1. The molecule has 0 fully saturated rings. The summed E-state index contributed by atoms with van der Waals surface area (Å²) < 4.78 is 5.78. The summed E-state index contributed by atoms with van der Waals surface area (Å²) in [5.41, 5.74) is 4.94. The van der Waals surface area contributed by atoms with Crippen molar-refractivity contribution < 1.29 is 14.3 Å². The van der Waals surface area contributed by atoms with Crippen LogP contribution in [0.2, 0.25) is 0 Å². The fourth-order valence-electron chi connectivity index (χ4n) is 2.67. The zero-order chi connectivity index (χ0) is 21.2. The van der Waals surface area contributed by atoms with Crippen molar-refractivity contribution in [2.24, 2.45) is 5.10 Å². The lowest BCUT2D eigenvalue weighted by molar-refractivity contribution is -0.124. The van der Waals surface area contributed by atoms with Gasteiger partial charge in [-0.25, -0.2) is 5.43 Å². The fourth-order valence-corrected chi connectivity index (χ4v) is 2.67. The zero-order valence-corrected chi connectivity index (χ0v) is 16.7.